The van der Waals surface area contributed by atoms with Crippen LogP contribution < -0.4 is 0 Å². The molecule has 0 fully saturated rings. The molecule has 8 aromatic carbocycles. The van der Waals surface area contributed by atoms with E-state index in [9.17, 15) is 0 Å². The van der Waals surface area contributed by atoms with Crippen molar-refractivity contribution in [1.29, 1.82) is 0 Å². The third kappa shape index (κ3) is 10.8. The van der Waals surface area contributed by atoms with Gasteiger partial charge in [0.1, 0.15) is 0 Å². The van der Waals surface area contributed by atoms with Gasteiger partial charge in [0.05, 0.1) is 0 Å². The summed E-state index contributed by atoms with van der Waals surface area (Å²) in [5, 5.41) is 2.27. The molecule has 3 aromatic heterocycles. The van der Waals surface area contributed by atoms with E-state index in [1.807, 2.05) is 30.7 Å². The molecule has 0 amide bonds. The summed E-state index contributed by atoms with van der Waals surface area (Å²) in [6, 6.07) is 82.7. The Morgan fingerprint density at radius 2 is 0.887 bits per heavy atom. The van der Waals surface area contributed by atoms with Gasteiger partial charge in [-0.1, -0.05) is 174 Å². The van der Waals surface area contributed by atoms with Crippen LogP contribution in [0.5, 0.6) is 0 Å². The van der Waals surface area contributed by atoms with Crippen molar-refractivity contribution in [2.45, 2.75) is 39.5 Å². The number of nitrogens with zero attached hydrogens (tertiary/aromatic N) is 3. The summed E-state index contributed by atoms with van der Waals surface area (Å²) in [7, 11) is 0. The maximum absolute atomic E-state index is 4.94. The summed E-state index contributed by atoms with van der Waals surface area (Å²) < 4.78 is 0. The molecule has 11 rings (SSSR count). The van der Waals surface area contributed by atoms with Gasteiger partial charge in [-0.15, -0.1) is 94.5 Å². The zero-order valence-corrected chi connectivity index (χ0v) is 42.2. The maximum atomic E-state index is 4.94. The predicted molar refractivity (Wildman–Crippen MR) is 289 cm³/mol. The second-order valence-electron chi connectivity index (χ2n) is 18.3. The minimum Gasteiger partial charge on any atom is -0.305 e. The van der Waals surface area contributed by atoms with Crippen molar-refractivity contribution in [3.63, 3.8) is 0 Å². The van der Waals surface area contributed by atoms with E-state index in [2.05, 4.69) is 230 Å². The molecule has 0 aliphatic heterocycles. The number of hydrogen-bond acceptors (Lipinski definition) is 3. The first-order chi connectivity index (χ1) is 34.5. The number of rotatable bonds is 13. The Labute approximate surface area is 431 Å². The molecule has 0 aliphatic rings. The van der Waals surface area contributed by atoms with Crippen LogP contribution in [0.1, 0.15) is 33.4 Å². The minimum absolute atomic E-state index is 0. The van der Waals surface area contributed by atoms with E-state index < -0.39 is 0 Å². The third-order valence-electron chi connectivity index (χ3n) is 13.3. The molecule has 0 atom stereocenters. The fraction of sp³-hybridized carbons (Fsp3) is 0.0896. The first-order valence-corrected chi connectivity index (χ1v) is 24.1. The molecule has 0 spiro atoms. The summed E-state index contributed by atoms with van der Waals surface area (Å²) in [6.45, 7) is 4.20. The minimum atomic E-state index is 0. The summed E-state index contributed by atoms with van der Waals surface area (Å²) in [5.74, 6) is 0. The number of fused-ring (bicyclic) bond motifs is 1. The maximum Gasteiger partial charge on any atom is 3.00 e. The van der Waals surface area contributed by atoms with Crippen LogP contribution in [0.3, 0.4) is 0 Å². The van der Waals surface area contributed by atoms with Gasteiger partial charge < -0.3 is 15.0 Å². The quantitative estimate of drug-likeness (QED) is 0.108. The van der Waals surface area contributed by atoms with Gasteiger partial charge in [0.15, 0.2) is 0 Å². The van der Waals surface area contributed by atoms with Gasteiger partial charge in [0, 0.05) is 18.6 Å². The van der Waals surface area contributed by atoms with Crippen molar-refractivity contribution >= 4 is 10.8 Å². The Kier molecular flexibility index (Phi) is 14.1. The van der Waals surface area contributed by atoms with Crippen LogP contribution in [0.25, 0.3) is 89.1 Å². The van der Waals surface area contributed by atoms with Crippen LogP contribution in [-0.2, 0) is 45.8 Å². The standard InChI is InChI=1S/C67H50N3.Ir/c1-46-33-35-68-65(37-46)53-27-23-48(24-28-53)19-21-50-39-51(22-20-49-25-29-54(30-26-49)66-38-47(2)34-36-69-66)41-60(40-50)61-17-8-9-18-62(61)63-32-31-58(67-44-56-13-6-7-14-59(56)45-70-67)43-64(63)57-16-10-15-55(42-57)52-11-4-3-5-12-52;/h3-18,23-27,29,32-45H,19-22H2,1-2H3;/q-3;+3. The van der Waals surface area contributed by atoms with Crippen LogP contribution in [0.15, 0.2) is 219 Å². The van der Waals surface area contributed by atoms with Crippen molar-refractivity contribution in [1.82, 2.24) is 15.0 Å². The average Bonchev–Trinajstić information content (AvgIpc) is 3.42. The molecule has 71 heavy (non-hydrogen) atoms. The number of benzene rings is 8. The Bertz CT molecular complexity index is 3510. The number of aromatic nitrogens is 3. The van der Waals surface area contributed by atoms with Gasteiger partial charge in [-0.05, 0) is 112 Å². The van der Waals surface area contributed by atoms with E-state index in [0.29, 0.717) is 0 Å². The summed E-state index contributed by atoms with van der Waals surface area (Å²) in [4.78, 5) is 14.1. The van der Waals surface area contributed by atoms with Crippen LogP contribution >= 0.6 is 0 Å². The number of aryl methyl sites for hydroxylation is 6. The van der Waals surface area contributed by atoms with E-state index in [1.54, 1.807) is 0 Å². The topological polar surface area (TPSA) is 38.7 Å². The molecule has 0 bridgehead atoms. The van der Waals surface area contributed by atoms with Gasteiger partial charge >= 0.3 is 20.1 Å². The largest absolute Gasteiger partial charge is 3.00 e. The Hall–Kier alpha value is -7.88. The predicted octanol–water partition coefficient (Wildman–Crippen LogP) is 16.3. The zero-order valence-electron chi connectivity index (χ0n) is 39.8. The summed E-state index contributed by atoms with van der Waals surface area (Å²) >= 11 is 0. The number of hydrogen-bond donors (Lipinski definition) is 0. The Morgan fingerprint density at radius 1 is 0.338 bits per heavy atom. The molecule has 342 valence electrons. The van der Waals surface area contributed by atoms with Crippen LogP contribution in [0, 0.1) is 32.0 Å². The third-order valence-corrected chi connectivity index (χ3v) is 13.3. The van der Waals surface area contributed by atoms with Crippen molar-refractivity contribution < 1.29 is 20.1 Å². The molecule has 0 radical (unpaired) electrons. The zero-order chi connectivity index (χ0) is 47.2. The molecule has 11 aromatic rings. The molecule has 0 unspecified atom stereocenters. The first-order valence-electron chi connectivity index (χ1n) is 24.1. The molecule has 3 heterocycles. The van der Waals surface area contributed by atoms with E-state index in [4.69, 9.17) is 4.98 Å². The summed E-state index contributed by atoms with van der Waals surface area (Å²) in [5.41, 5.74) is 22.6. The molecular weight excluding hydrogens is 1040 g/mol. The molecule has 4 heteroatoms. The first kappa shape index (κ1) is 46.8. The van der Waals surface area contributed by atoms with Crippen molar-refractivity contribution in [3.8, 4) is 78.3 Å². The van der Waals surface area contributed by atoms with Crippen LogP contribution in [-0.4, -0.2) is 15.0 Å². The Balaban J connectivity index is 0.00000582. The second-order valence-corrected chi connectivity index (χ2v) is 18.3. The molecule has 0 saturated carbocycles. The fourth-order valence-corrected chi connectivity index (χ4v) is 9.49. The van der Waals surface area contributed by atoms with Gasteiger partial charge in [-0.3, -0.25) is 0 Å². The molecular formula is C67H50IrN3. The van der Waals surface area contributed by atoms with Gasteiger partial charge in [0.2, 0.25) is 0 Å². The fourth-order valence-electron chi connectivity index (χ4n) is 9.49. The molecule has 0 saturated heterocycles. The van der Waals surface area contributed by atoms with E-state index in [-0.39, 0.29) is 20.1 Å². The molecule has 0 N–H and O–H groups in total. The molecule has 0 aliphatic carbocycles. The van der Waals surface area contributed by atoms with Crippen molar-refractivity contribution in [2.24, 2.45) is 0 Å². The second kappa shape index (κ2) is 21.4. The van der Waals surface area contributed by atoms with Crippen LogP contribution in [0.2, 0.25) is 0 Å². The smallest absolute Gasteiger partial charge is 0.305 e. The van der Waals surface area contributed by atoms with Gasteiger partial charge in [-0.2, -0.15) is 0 Å². The SMILES string of the molecule is Cc1ccnc(-c2[c-]cc(CCc3cc(CCc4c[c-]c(-c5cc(C)ccn5)cc4)cc(-c4ccccc4-c4c[c-]c(-c5cc6ccccc6cn5)cc4-c4cccc(-c5ccccc5)c4)c3)cc2)c1.[Ir+3]. The molecule has 3 nitrogen and oxygen atoms in total. The van der Waals surface area contributed by atoms with Gasteiger partial charge in [-0.25, -0.2) is 0 Å². The number of pyridine rings is 3. The van der Waals surface area contributed by atoms with E-state index in [0.717, 1.165) is 92.5 Å². The van der Waals surface area contributed by atoms with Crippen molar-refractivity contribution in [2.75, 3.05) is 0 Å². The Morgan fingerprint density at radius 3 is 1.52 bits per heavy atom. The van der Waals surface area contributed by atoms with Crippen LogP contribution in [0.4, 0.5) is 0 Å². The summed E-state index contributed by atoms with van der Waals surface area (Å²) in [6.07, 6.45) is 9.28. The van der Waals surface area contributed by atoms with E-state index >= 15 is 0 Å². The average molecular weight is 1090 g/mol. The normalized spacial score (nSPS) is 11.1. The monoisotopic (exact) mass is 1090 g/mol. The van der Waals surface area contributed by atoms with Gasteiger partial charge in [0.25, 0.3) is 0 Å². The van der Waals surface area contributed by atoms with Crippen molar-refractivity contribution in [3.05, 3.63) is 270 Å². The van der Waals surface area contributed by atoms with E-state index in [1.165, 1.54) is 55.6 Å².